The highest BCUT2D eigenvalue weighted by Crippen LogP contribution is 2.36. The smallest absolute Gasteiger partial charge is 0.341 e. The predicted octanol–water partition coefficient (Wildman–Crippen LogP) is 5.69. The quantitative estimate of drug-likeness (QED) is 0.420. The number of esters is 1. The summed E-state index contributed by atoms with van der Waals surface area (Å²) >= 11 is 1.27. The molecule has 0 saturated heterocycles. The molecule has 0 aliphatic carbocycles. The molecule has 1 aromatic heterocycles. The van der Waals surface area contributed by atoms with E-state index >= 15 is 0 Å². The Morgan fingerprint density at radius 2 is 1.79 bits per heavy atom. The molecular weight excluding hydrogens is 389 g/mol. The Morgan fingerprint density at radius 1 is 1.10 bits per heavy atom. The Kier molecular flexibility index (Phi) is 6.57. The van der Waals surface area contributed by atoms with Crippen LogP contribution in [0.2, 0.25) is 0 Å². The lowest BCUT2D eigenvalue weighted by molar-refractivity contribution is -0.111. The highest BCUT2D eigenvalue weighted by Gasteiger charge is 2.22. The fourth-order valence-electron chi connectivity index (χ4n) is 2.70. The molecule has 0 fully saturated rings. The number of carbonyl (C=O) groups excluding carboxylic acids is 2. The lowest BCUT2D eigenvalue weighted by Gasteiger charge is -2.08. The molecule has 0 saturated carbocycles. The zero-order valence-electron chi connectivity index (χ0n) is 16.1. The van der Waals surface area contributed by atoms with Crippen LogP contribution in [0.1, 0.15) is 28.4 Å². The van der Waals surface area contributed by atoms with Gasteiger partial charge in [-0.25, -0.2) is 9.18 Å². The molecule has 3 rings (SSSR count). The molecule has 0 aliphatic heterocycles. The number of hydrogen-bond acceptors (Lipinski definition) is 4. The molecule has 2 aromatic carbocycles. The third-order valence-electron chi connectivity index (χ3n) is 4.17. The van der Waals surface area contributed by atoms with Gasteiger partial charge in [-0.05, 0) is 43.2 Å². The van der Waals surface area contributed by atoms with E-state index in [4.69, 9.17) is 4.74 Å². The minimum atomic E-state index is -0.484. The second-order valence-electron chi connectivity index (χ2n) is 6.31. The zero-order chi connectivity index (χ0) is 20.8. The lowest BCUT2D eigenvalue weighted by atomic mass is 10.0. The second kappa shape index (κ2) is 9.30. The van der Waals surface area contributed by atoms with Crippen LogP contribution in [0.15, 0.2) is 60.0 Å². The molecule has 0 atom stereocenters. The zero-order valence-corrected chi connectivity index (χ0v) is 16.9. The van der Waals surface area contributed by atoms with Crippen LogP contribution < -0.4 is 5.32 Å². The van der Waals surface area contributed by atoms with E-state index in [0.29, 0.717) is 21.7 Å². The maximum absolute atomic E-state index is 13.0. The summed E-state index contributed by atoms with van der Waals surface area (Å²) in [5, 5.41) is 5.00. The third-order valence-corrected chi connectivity index (χ3v) is 5.06. The van der Waals surface area contributed by atoms with Crippen LogP contribution in [0.25, 0.3) is 17.2 Å². The van der Waals surface area contributed by atoms with E-state index in [1.165, 1.54) is 29.5 Å². The second-order valence-corrected chi connectivity index (χ2v) is 7.19. The van der Waals surface area contributed by atoms with Crippen LogP contribution in [-0.4, -0.2) is 18.5 Å². The summed E-state index contributed by atoms with van der Waals surface area (Å²) in [6, 6.07) is 13.6. The van der Waals surface area contributed by atoms with Gasteiger partial charge in [0.25, 0.3) is 0 Å². The molecule has 148 valence electrons. The number of anilines is 1. The molecule has 6 heteroatoms. The Morgan fingerprint density at radius 3 is 2.45 bits per heavy atom. The van der Waals surface area contributed by atoms with Crippen LogP contribution in [0.3, 0.4) is 0 Å². The molecule has 29 heavy (non-hydrogen) atoms. The van der Waals surface area contributed by atoms with Crippen molar-refractivity contribution < 1.29 is 18.7 Å². The van der Waals surface area contributed by atoms with Crippen LogP contribution in [-0.2, 0) is 9.53 Å². The van der Waals surface area contributed by atoms with Gasteiger partial charge in [-0.2, -0.15) is 0 Å². The van der Waals surface area contributed by atoms with Crippen LogP contribution in [0, 0.1) is 12.7 Å². The van der Waals surface area contributed by atoms with Crippen LogP contribution in [0.5, 0.6) is 0 Å². The number of hydrogen-bond donors (Lipinski definition) is 1. The van der Waals surface area contributed by atoms with Crippen molar-refractivity contribution in [3.63, 3.8) is 0 Å². The molecule has 0 aliphatic rings. The summed E-state index contributed by atoms with van der Waals surface area (Å²) < 4.78 is 18.2. The van der Waals surface area contributed by atoms with Gasteiger partial charge in [-0.3, -0.25) is 4.79 Å². The van der Waals surface area contributed by atoms with E-state index in [2.05, 4.69) is 5.32 Å². The van der Waals surface area contributed by atoms with E-state index in [1.54, 1.807) is 25.1 Å². The van der Waals surface area contributed by atoms with E-state index in [-0.39, 0.29) is 12.4 Å². The van der Waals surface area contributed by atoms with Crippen LogP contribution >= 0.6 is 11.3 Å². The van der Waals surface area contributed by atoms with Gasteiger partial charge in [0, 0.05) is 17.0 Å². The van der Waals surface area contributed by atoms with Crippen molar-refractivity contribution in [2.24, 2.45) is 0 Å². The first kappa shape index (κ1) is 20.5. The normalized spacial score (nSPS) is 10.9. The molecular formula is C23H20FNO3S. The van der Waals surface area contributed by atoms with Crippen molar-refractivity contribution in [1.29, 1.82) is 0 Å². The number of carbonyl (C=O) groups is 2. The third kappa shape index (κ3) is 5.18. The van der Waals surface area contributed by atoms with Crippen LogP contribution in [0.4, 0.5) is 9.39 Å². The van der Waals surface area contributed by atoms with Crippen molar-refractivity contribution in [2.45, 2.75) is 13.8 Å². The highest BCUT2D eigenvalue weighted by molar-refractivity contribution is 7.15. The lowest BCUT2D eigenvalue weighted by Crippen LogP contribution is -2.12. The molecule has 0 radical (unpaired) electrons. The van der Waals surface area contributed by atoms with Gasteiger partial charge in [0.15, 0.2) is 0 Å². The van der Waals surface area contributed by atoms with E-state index in [9.17, 15) is 14.0 Å². The van der Waals surface area contributed by atoms with Crippen molar-refractivity contribution >= 4 is 34.3 Å². The van der Waals surface area contributed by atoms with Crippen molar-refractivity contribution in [3.8, 4) is 11.1 Å². The molecule has 1 amide bonds. The first-order chi connectivity index (χ1) is 14.0. The van der Waals surface area contributed by atoms with Gasteiger partial charge in [0.1, 0.15) is 16.4 Å². The van der Waals surface area contributed by atoms with Gasteiger partial charge < -0.3 is 10.1 Å². The molecule has 0 spiro atoms. The number of aryl methyl sites for hydroxylation is 1. The fourth-order valence-corrected chi connectivity index (χ4v) is 3.66. The SMILES string of the molecule is CCOC(=O)c1c(-c2ccc(C)cc2)csc1NC(=O)/C=C/c1ccc(F)cc1. The van der Waals surface area contributed by atoms with Gasteiger partial charge in [0.2, 0.25) is 5.91 Å². The molecule has 4 nitrogen and oxygen atoms in total. The predicted molar refractivity (Wildman–Crippen MR) is 115 cm³/mol. The Balaban J connectivity index is 1.86. The van der Waals surface area contributed by atoms with Crippen molar-refractivity contribution in [2.75, 3.05) is 11.9 Å². The summed E-state index contributed by atoms with van der Waals surface area (Å²) in [7, 11) is 0. The number of amides is 1. The highest BCUT2D eigenvalue weighted by atomic mass is 32.1. The van der Waals surface area contributed by atoms with Gasteiger partial charge in [-0.1, -0.05) is 42.0 Å². The maximum Gasteiger partial charge on any atom is 0.341 e. The monoisotopic (exact) mass is 409 g/mol. The molecule has 0 unspecified atom stereocenters. The number of ether oxygens (including phenoxy) is 1. The fraction of sp³-hybridized carbons (Fsp3) is 0.130. The number of thiophene rings is 1. The molecule has 1 heterocycles. The Hall–Kier alpha value is -3.25. The first-order valence-corrected chi connectivity index (χ1v) is 9.96. The summed E-state index contributed by atoms with van der Waals surface area (Å²) in [6.45, 7) is 3.96. The Bertz CT molecular complexity index is 1040. The van der Waals surface area contributed by atoms with Gasteiger partial charge >= 0.3 is 5.97 Å². The Labute approximate surface area is 172 Å². The van der Waals surface area contributed by atoms with Crippen molar-refractivity contribution in [3.05, 3.63) is 82.5 Å². The van der Waals surface area contributed by atoms with Crippen molar-refractivity contribution in [1.82, 2.24) is 0 Å². The van der Waals surface area contributed by atoms with E-state index < -0.39 is 11.9 Å². The molecule has 0 bridgehead atoms. The number of halogens is 1. The minimum Gasteiger partial charge on any atom is -0.462 e. The maximum atomic E-state index is 13.0. The number of nitrogens with one attached hydrogen (secondary N) is 1. The summed E-state index contributed by atoms with van der Waals surface area (Å²) in [4.78, 5) is 24.9. The average molecular weight is 409 g/mol. The average Bonchev–Trinajstić information content (AvgIpc) is 3.12. The van der Waals surface area contributed by atoms with E-state index in [1.807, 2.05) is 36.6 Å². The first-order valence-electron chi connectivity index (χ1n) is 9.08. The topological polar surface area (TPSA) is 55.4 Å². The molecule has 3 aromatic rings. The molecule has 1 N–H and O–H groups in total. The summed E-state index contributed by atoms with van der Waals surface area (Å²) in [6.07, 6.45) is 2.92. The number of benzene rings is 2. The minimum absolute atomic E-state index is 0.236. The largest absolute Gasteiger partial charge is 0.462 e. The van der Waals surface area contributed by atoms with E-state index in [0.717, 1.165) is 11.1 Å². The summed E-state index contributed by atoms with van der Waals surface area (Å²) in [5.74, 6) is -1.22. The van der Waals surface area contributed by atoms with Gasteiger partial charge in [0.05, 0.1) is 6.61 Å². The summed E-state index contributed by atoms with van der Waals surface area (Å²) in [5.41, 5.74) is 3.73. The number of rotatable bonds is 6. The van der Waals surface area contributed by atoms with Gasteiger partial charge in [-0.15, -0.1) is 11.3 Å². The standard InChI is InChI=1S/C23H20FNO3S/c1-3-28-23(27)21-19(17-9-4-15(2)5-10-17)14-29-22(21)25-20(26)13-8-16-6-11-18(24)12-7-16/h4-14H,3H2,1-2H3,(H,25,26)/b13-8+.